The zero-order valence-electron chi connectivity index (χ0n) is 15.3. The number of halogens is 1. The first kappa shape index (κ1) is 19.5. The van der Waals surface area contributed by atoms with Crippen LogP contribution in [0.1, 0.15) is 36.3 Å². The Labute approximate surface area is 169 Å². The minimum Gasteiger partial charge on any atom is -0.508 e. The summed E-state index contributed by atoms with van der Waals surface area (Å²) in [5.41, 5.74) is 4.85. The van der Waals surface area contributed by atoms with Crippen molar-refractivity contribution in [3.05, 3.63) is 83.9 Å². The molecule has 0 aliphatic heterocycles. The molecule has 0 spiro atoms. The second-order valence-corrected chi connectivity index (χ2v) is 7.71. The van der Waals surface area contributed by atoms with Gasteiger partial charge in [-0.15, -0.1) is 0 Å². The lowest BCUT2D eigenvalue weighted by Gasteiger charge is -2.18. The third-order valence-corrected chi connectivity index (χ3v) is 5.50. The zero-order chi connectivity index (χ0) is 19.1. The van der Waals surface area contributed by atoms with Gasteiger partial charge in [0, 0.05) is 5.33 Å². The van der Waals surface area contributed by atoms with Crippen molar-refractivity contribution in [3.8, 4) is 22.6 Å². The van der Waals surface area contributed by atoms with Gasteiger partial charge < -0.3 is 10.2 Å². The van der Waals surface area contributed by atoms with E-state index in [0.29, 0.717) is 11.7 Å². The molecule has 0 aliphatic carbocycles. The van der Waals surface area contributed by atoms with Crippen molar-refractivity contribution >= 4 is 15.9 Å². The Morgan fingerprint density at radius 3 is 1.74 bits per heavy atom. The number of hydrogen-bond acceptors (Lipinski definition) is 2. The van der Waals surface area contributed by atoms with E-state index in [1.165, 1.54) is 24.0 Å². The van der Waals surface area contributed by atoms with E-state index < -0.39 is 0 Å². The molecule has 0 aromatic heterocycles. The first-order chi connectivity index (χ1) is 13.2. The van der Waals surface area contributed by atoms with Crippen LogP contribution in [0, 0.1) is 0 Å². The lowest BCUT2D eigenvalue weighted by Crippen LogP contribution is -2.03. The minimum absolute atomic E-state index is 0.288. The third kappa shape index (κ3) is 5.61. The van der Waals surface area contributed by atoms with E-state index in [4.69, 9.17) is 0 Å². The SMILES string of the molecule is Oc1ccc(-c2ccc(CC(CCCCBr)c3ccc(O)cc3)cc2)cc1. The molecule has 0 amide bonds. The smallest absolute Gasteiger partial charge is 0.115 e. The molecule has 27 heavy (non-hydrogen) atoms. The number of alkyl halides is 1. The molecule has 1 atom stereocenters. The fourth-order valence-corrected chi connectivity index (χ4v) is 3.79. The average molecular weight is 425 g/mol. The van der Waals surface area contributed by atoms with Gasteiger partial charge in [-0.3, -0.25) is 0 Å². The molecular formula is C24H25BrO2. The van der Waals surface area contributed by atoms with Gasteiger partial charge in [-0.25, -0.2) is 0 Å². The van der Waals surface area contributed by atoms with Gasteiger partial charge in [0.15, 0.2) is 0 Å². The number of phenolic OH excluding ortho intramolecular Hbond substituents is 2. The number of hydrogen-bond donors (Lipinski definition) is 2. The van der Waals surface area contributed by atoms with Gasteiger partial charge >= 0.3 is 0 Å². The number of aromatic hydroxyl groups is 2. The van der Waals surface area contributed by atoms with Crippen molar-refractivity contribution in [1.29, 1.82) is 0 Å². The predicted octanol–water partition coefficient (Wildman–Crippen LogP) is 6.66. The summed E-state index contributed by atoms with van der Waals surface area (Å²) in [5.74, 6) is 1.05. The van der Waals surface area contributed by atoms with Crippen LogP contribution in [-0.4, -0.2) is 15.5 Å². The van der Waals surface area contributed by atoms with E-state index in [1.54, 1.807) is 24.3 Å². The van der Waals surface area contributed by atoms with E-state index in [2.05, 4.69) is 40.2 Å². The van der Waals surface area contributed by atoms with Crippen molar-refractivity contribution in [2.45, 2.75) is 31.6 Å². The van der Waals surface area contributed by atoms with Crippen LogP contribution in [0.4, 0.5) is 0 Å². The molecule has 3 aromatic carbocycles. The molecule has 0 aliphatic rings. The van der Waals surface area contributed by atoms with Crippen LogP contribution in [0.2, 0.25) is 0 Å². The van der Waals surface area contributed by atoms with Gasteiger partial charge in [0.25, 0.3) is 0 Å². The maximum atomic E-state index is 9.58. The molecule has 1 unspecified atom stereocenters. The molecule has 0 saturated carbocycles. The first-order valence-corrected chi connectivity index (χ1v) is 10.5. The highest BCUT2D eigenvalue weighted by Gasteiger charge is 2.13. The van der Waals surface area contributed by atoms with Gasteiger partial charge in [-0.1, -0.05) is 70.9 Å². The fourth-order valence-electron chi connectivity index (χ4n) is 3.39. The Kier molecular flexibility index (Phi) is 6.94. The molecule has 3 aromatic rings. The molecule has 2 N–H and O–H groups in total. The van der Waals surface area contributed by atoms with Crippen molar-refractivity contribution in [2.24, 2.45) is 0 Å². The van der Waals surface area contributed by atoms with Crippen LogP contribution < -0.4 is 0 Å². The van der Waals surface area contributed by atoms with Gasteiger partial charge in [0.2, 0.25) is 0 Å². The summed E-state index contributed by atoms with van der Waals surface area (Å²) >= 11 is 3.52. The normalized spacial score (nSPS) is 12.0. The summed E-state index contributed by atoms with van der Waals surface area (Å²) in [6.07, 6.45) is 4.48. The highest BCUT2D eigenvalue weighted by molar-refractivity contribution is 9.09. The summed E-state index contributed by atoms with van der Waals surface area (Å²) in [5, 5.41) is 20.1. The summed E-state index contributed by atoms with van der Waals surface area (Å²) in [6, 6.07) is 23.6. The summed E-state index contributed by atoms with van der Waals surface area (Å²) in [4.78, 5) is 0. The standard InChI is InChI=1S/C24H25BrO2/c25-16-2-1-3-22(21-10-14-24(27)15-11-21)17-18-4-6-19(7-5-18)20-8-12-23(26)13-9-20/h4-15,22,26-27H,1-3,16-17H2. The van der Waals surface area contributed by atoms with Crippen LogP contribution in [0.25, 0.3) is 11.1 Å². The Morgan fingerprint density at radius 2 is 1.19 bits per heavy atom. The second kappa shape index (κ2) is 9.61. The van der Waals surface area contributed by atoms with Crippen molar-refractivity contribution in [1.82, 2.24) is 0 Å². The van der Waals surface area contributed by atoms with E-state index in [1.807, 2.05) is 24.3 Å². The Balaban J connectivity index is 1.74. The molecule has 0 radical (unpaired) electrons. The van der Waals surface area contributed by atoms with Crippen LogP contribution >= 0.6 is 15.9 Å². The topological polar surface area (TPSA) is 40.5 Å². The third-order valence-electron chi connectivity index (χ3n) is 4.94. The number of rotatable bonds is 8. The van der Waals surface area contributed by atoms with E-state index in [9.17, 15) is 10.2 Å². The number of phenols is 2. The Bertz CT molecular complexity index is 824. The van der Waals surface area contributed by atoms with E-state index in [-0.39, 0.29) is 5.75 Å². The van der Waals surface area contributed by atoms with Crippen molar-refractivity contribution in [2.75, 3.05) is 5.33 Å². The zero-order valence-corrected chi connectivity index (χ0v) is 16.9. The molecule has 0 heterocycles. The molecule has 0 saturated heterocycles. The van der Waals surface area contributed by atoms with Gasteiger partial charge in [-0.2, -0.15) is 0 Å². The summed E-state index contributed by atoms with van der Waals surface area (Å²) in [6.45, 7) is 0. The molecule has 0 bridgehead atoms. The second-order valence-electron chi connectivity index (χ2n) is 6.92. The summed E-state index contributed by atoms with van der Waals surface area (Å²) < 4.78 is 0. The maximum Gasteiger partial charge on any atom is 0.115 e. The Morgan fingerprint density at radius 1 is 0.667 bits per heavy atom. The fraction of sp³-hybridized carbons (Fsp3) is 0.250. The molecule has 140 valence electrons. The van der Waals surface area contributed by atoms with Crippen LogP contribution in [0.5, 0.6) is 11.5 Å². The van der Waals surface area contributed by atoms with Gasteiger partial charge in [-0.05, 0) is 71.7 Å². The molecule has 0 fully saturated rings. The van der Waals surface area contributed by atoms with Crippen LogP contribution in [0.3, 0.4) is 0 Å². The van der Waals surface area contributed by atoms with Crippen molar-refractivity contribution < 1.29 is 10.2 Å². The molecule has 3 rings (SSSR count). The molecule has 2 nitrogen and oxygen atoms in total. The maximum absolute atomic E-state index is 9.58. The number of benzene rings is 3. The largest absolute Gasteiger partial charge is 0.508 e. The quantitative estimate of drug-likeness (QED) is 0.313. The highest BCUT2D eigenvalue weighted by Crippen LogP contribution is 2.29. The van der Waals surface area contributed by atoms with Crippen LogP contribution in [-0.2, 0) is 6.42 Å². The van der Waals surface area contributed by atoms with E-state index in [0.717, 1.165) is 29.3 Å². The van der Waals surface area contributed by atoms with E-state index >= 15 is 0 Å². The molecular weight excluding hydrogens is 400 g/mol. The Hall–Kier alpha value is -2.26. The average Bonchev–Trinajstić information content (AvgIpc) is 2.69. The lowest BCUT2D eigenvalue weighted by molar-refractivity contribution is 0.474. The van der Waals surface area contributed by atoms with Gasteiger partial charge in [0.05, 0.1) is 0 Å². The highest BCUT2D eigenvalue weighted by atomic mass is 79.9. The monoisotopic (exact) mass is 424 g/mol. The molecule has 3 heteroatoms. The van der Waals surface area contributed by atoms with Crippen LogP contribution in [0.15, 0.2) is 72.8 Å². The lowest BCUT2D eigenvalue weighted by atomic mass is 9.87. The van der Waals surface area contributed by atoms with Crippen molar-refractivity contribution in [3.63, 3.8) is 0 Å². The number of unbranched alkanes of at least 4 members (excludes halogenated alkanes) is 1. The predicted molar refractivity (Wildman–Crippen MR) is 116 cm³/mol. The minimum atomic E-state index is 0.288. The summed E-state index contributed by atoms with van der Waals surface area (Å²) in [7, 11) is 0. The van der Waals surface area contributed by atoms with Gasteiger partial charge in [0.1, 0.15) is 11.5 Å². The first-order valence-electron chi connectivity index (χ1n) is 9.39.